The topological polar surface area (TPSA) is 63.3 Å². The highest BCUT2D eigenvalue weighted by atomic mass is 16.5. The van der Waals surface area contributed by atoms with Gasteiger partial charge in [0.05, 0.1) is 20.6 Å². The van der Waals surface area contributed by atoms with Crippen LogP contribution in [0.5, 0.6) is 11.5 Å². The van der Waals surface area contributed by atoms with Crippen LogP contribution in [0.15, 0.2) is 42.5 Å². The number of H-pyrrole nitrogens is 1. The Kier molecular flexibility index (Phi) is 4.75. The zero-order valence-electron chi connectivity index (χ0n) is 15.7. The minimum Gasteiger partial charge on any atom is -0.497 e. The smallest absolute Gasteiger partial charge is 0.224 e. The molecule has 0 saturated heterocycles. The Morgan fingerprint density at radius 2 is 1.85 bits per heavy atom. The molecule has 1 aliphatic rings. The average Bonchev–Trinajstić information content (AvgIpc) is 3.05. The van der Waals surface area contributed by atoms with Gasteiger partial charge < -0.3 is 19.8 Å². The van der Waals surface area contributed by atoms with Gasteiger partial charge in [-0.05, 0) is 60.7 Å². The first kappa shape index (κ1) is 17.5. The van der Waals surface area contributed by atoms with Gasteiger partial charge in [-0.2, -0.15) is 0 Å². The first-order chi connectivity index (χ1) is 13.2. The summed E-state index contributed by atoms with van der Waals surface area (Å²) in [7, 11) is 3.32. The normalized spacial score (nSPS) is 16.0. The quantitative estimate of drug-likeness (QED) is 0.729. The van der Waals surface area contributed by atoms with Crippen LogP contribution in [0.3, 0.4) is 0 Å². The van der Waals surface area contributed by atoms with Gasteiger partial charge in [-0.25, -0.2) is 0 Å². The van der Waals surface area contributed by atoms with Gasteiger partial charge in [0.2, 0.25) is 5.91 Å². The van der Waals surface area contributed by atoms with Crippen molar-refractivity contribution in [1.29, 1.82) is 0 Å². The molecule has 3 aromatic rings. The highest BCUT2D eigenvalue weighted by Gasteiger charge is 2.24. The molecule has 2 aromatic carbocycles. The lowest BCUT2D eigenvalue weighted by Gasteiger charge is -2.23. The standard InChI is InChI=1S/C22H24N2O3/c1-26-16-6-3-14(4-7-16)11-22(25)23-15-5-9-20-18(12-15)19-13-17(27-2)8-10-21(19)24-20/h3-4,6-8,10,13,15,24H,5,9,11-12H2,1-2H3,(H,23,25). The van der Waals surface area contributed by atoms with E-state index in [1.807, 2.05) is 30.3 Å². The minimum absolute atomic E-state index is 0.0611. The van der Waals surface area contributed by atoms with Gasteiger partial charge in [0.1, 0.15) is 11.5 Å². The summed E-state index contributed by atoms with van der Waals surface area (Å²) < 4.78 is 10.5. The van der Waals surface area contributed by atoms with E-state index in [1.165, 1.54) is 16.6 Å². The summed E-state index contributed by atoms with van der Waals surface area (Å²) in [6.45, 7) is 0. The fraction of sp³-hybridized carbons (Fsp3) is 0.318. The Morgan fingerprint density at radius 1 is 1.11 bits per heavy atom. The molecule has 1 atom stereocenters. The van der Waals surface area contributed by atoms with Crippen molar-refractivity contribution >= 4 is 16.8 Å². The van der Waals surface area contributed by atoms with Gasteiger partial charge in [0, 0.05) is 22.6 Å². The molecular formula is C22H24N2O3. The number of carbonyl (C=O) groups excluding carboxylic acids is 1. The number of ether oxygens (including phenoxy) is 2. The third kappa shape index (κ3) is 3.63. The SMILES string of the molecule is COc1ccc(CC(=O)NC2CCc3[nH]c4ccc(OC)cc4c3C2)cc1. The largest absolute Gasteiger partial charge is 0.497 e. The molecule has 140 valence electrons. The number of benzene rings is 2. The molecule has 0 saturated carbocycles. The number of aryl methyl sites for hydroxylation is 1. The highest BCUT2D eigenvalue weighted by Crippen LogP contribution is 2.31. The van der Waals surface area contributed by atoms with Crippen LogP contribution in [0, 0.1) is 0 Å². The van der Waals surface area contributed by atoms with Gasteiger partial charge >= 0.3 is 0 Å². The van der Waals surface area contributed by atoms with Gasteiger partial charge in [-0.1, -0.05) is 12.1 Å². The second-order valence-electron chi connectivity index (χ2n) is 7.03. The van der Waals surface area contributed by atoms with Crippen LogP contribution in [0.4, 0.5) is 0 Å². The number of amides is 1. The summed E-state index contributed by atoms with van der Waals surface area (Å²) in [4.78, 5) is 16.0. The molecule has 1 aliphatic carbocycles. The van der Waals surface area contributed by atoms with Crippen molar-refractivity contribution in [3.8, 4) is 11.5 Å². The summed E-state index contributed by atoms with van der Waals surface area (Å²) >= 11 is 0. The lowest BCUT2D eigenvalue weighted by molar-refractivity contribution is -0.121. The monoisotopic (exact) mass is 364 g/mol. The molecule has 0 radical (unpaired) electrons. The summed E-state index contributed by atoms with van der Waals surface area (Å²) in [5.74, 6) is 1.72. The van der Waals surface area contributed by atoms with E-state index in [-0.39, 0.29) is 11.9 Å². The number of fused-ring (bicyclic) bond motifs is 3. The fourth-order valence-corrected chi connectivity index (χ4v) is 3.85. The summed E-state index contributed by atoms with van der Waals surface area (Å²) in [6, 6.07) is 13.9. The van der Waals surface area contributed by atoms with E-state index in [4.69, 9.17) is 9.47 Å². The molecular weight excluding hydrogens is 340 g/mol. The van der Waals surface area contributed by atoms with Gasteiger partial charge in [0.25, 0.3) is 0 Å². The maximum atomic E-state index is 12.5. The van der Waals surface area contributed by atoms with Crippen molar-refractivity contribution in [2.24, 2.45) is 0 Å². The maximum Gasteiger partial charge on any atom is 0.224 e. The third-order valence-electron chi connectivity index (χ3n) is 5.28. The third-order valence-corrected chi connectivity index (χ3v) is 5.28. The van der Waals surface area contributed by atoms with Gasteiger partial charge in [0.15, 0.2) is 0 Å². The van der Waals surface area contributed by atoms with Crippen LogP contribution >= 0.6 is 0 Å². The molecule has 1 heterocycles. The number of aromatic nitrogens is 1. The van der Waals surface area contributed by atoms with Gasteiger partial charge in [-0.3, -0.25) is 4.79 Å². The van der Waals surface area contributed by atoms with E-state index in [1.54, 1.807) is 14.2 Å². The van der Waals surface area contributed by atoms with Crippen LogP contribution in [-0.4, -0.2) is 31.2 Å². The van der Waals surface area contributed by atoms with Crippen LogP contribution in [0.2, 0.25) is 0 Å². The van der Waals surface area contributed by atoms with Crippen LogP contribution < -0.4 is 14.8 Å². The molecule has 0 fully saturated rings. The Morgan fingerprint density at radius 3 is 2.59 bits per heavy atom. The number of hydrogen-bond donors (Lipinski definition) is 2. The average molecular weight is 364 g/mol. The summed E-state index contributed by atoms with van der Waals surface area (Å²) in [5, 5.41) is 4.40. The molecule has 0 spiro atoms. The van der Waals surface area contributed by atoms with E-state index >= 15 is 0 Å². The summed E-state index contributed by atoms with van der Waals surface area (Å²) in [5.41, 5.74) is 4.69. The molecule has 2 N–H and O–H groups in total. The number of rotatable bonds is 5. The molecule has 5 nitrogen and oxygen atoms in total. The van der Waals surface area contributed by atoms with Crippen LogP contribution in [0.25, 0.3) is 10.9 Å². The molecule has 5 heteroatoms. The number of methoxy groups -OCH3 is 2. The highest BCUT2D eigenvalue weighted by molar-refractivity contribution is 5.86. The van der Waals surface area contributed by atoms with Crippen molar-refractivity contribution in [1.82, 2.24) is 10.3 Å². The molecule has 0 aliphatic heterocycles. The molecule has 1 amide bonds. The van der Waals surface area contributed by atoms with Crippen molar-refractivity contribution in [2.75, 3.05) is 14.2 Å². The first-order valence-electron chi connectivity index (χ1n) is 9.26. The van der Waals surface area contributed by atoms with E-state index < -0.39 is 0 Å². The van der Waals surface area contributed by atoms with E-state index in [9.17, 15) is 4.79 Å². The number of aromatic amines is 1. The van der Waals surface area contributed by atoms with Crippen molar-refractivity contribution in [3.05, 3.63) is 59.3 Å². The molecule has 1 unspecified atom stereocenters. The second-order valence-corrected chi connectivity index (χ2v) is 7.03. The molecule has 27 heavy (non-hydrogen) atoms. The molecule has 1 aromatic heterocycles. The van der Waals surface area contributed by atoms with Gasteiger partial charge in [-0.15, -0.1) is 0 Å². The Labute approximate surface area is 158 Å². The fourth-order valence-electron chi connectivity index (χ4n) is 3.85. The number of carbonyl (C=O) groups is 1. The summed E-state index contributed by atoms with van der Waals surface area (Å²) in [6.07, 6.45) is 3.12. The van der Waals surface area contributed by atoms with Crippen molar-refractivity contribution in [3.63, 3.8) is 0 Å². The molecule has 4 rings (SSSR count). The van der Waals surface area contributed by atoms with Crippen LogP contribution in [0.1, 0.15) is 23.2 Å². The maximum absolute atomic E-state index is 12.5. The zero-order chi connectivity index (χ0) is 18.8. The Bertz CT molecular complexity index is 960. The Balaban J connectivity index is 1.45. The van der Waals surface area contributed by atoms with Crippen molar-refractivity contribution < 1.29 is 14.3 Å². The Hall–Kier alpha value is -2.95. The number of nitrogens with one attached hydrogen (secondary N) is 2. The lowest BCUT2D eigenvalue weighted by Crippen LogP contribution is -2.39. The van der Waals surface area contributed by atoms with E-state index in [0.717, 1.165) is 41.8 Å². The minimum atomic E-state index is 0.0611. The number of hydrogen-bond acceptors (Lipinski definition) is 3. The van der Waals surface area contributed by atoms with E-state index in [0.29, 0.717) is 6.42 Å². The molecule has 0 bridgehead atoms. The second kappa shape index (κ2) is 7.35. The lowest BCUT2D eigenvalue weighted by atomic mass is 9.91. The van der Waals surface area contributed by atoms with Crippen molar-refractivity contribution in [2.45, 2.75) is 31.7 Å². The van der Waals surface area contributed by atoms with E-state index in [2.05, 4.69) is 22.4 Å². The first-order valence-corrected chi connectivity index (χ1v) is 9.26. The predicted molar refractivity (Wildman–Crippen MR) is 106 cm³/mol. The van der Waals surface area contributed by atoms with Crippen LogP contribution in [-0.2, 0) is 24.1 Å². The zero-order valence-corrected chi connectivity index (χ0v) is 15.7. The predicted octanol–water partition coefficient (Wildman–Crippen LogP) is 3.40.